The molecule has 1 atom stereocenters. The molecule has 0 heterocycles. The summed E-state index contributed by atoms with van der Waals surface area (Å²) in [5, 5.41) is 8.91. The quantitative estimate of drug-likeness (QED) is 0.576. The lowest BCUT2D eigenvalue weighted by molar-refractivity contribution is 0.384. The maximum atomic E-state index is 13.4. The first kappa shape index (κ1) is 11.4. The summed E-state index contributed by atoms with van der Waals surface area (Å²) in [6.07, 6.45) is 0. The van der Waals surface area contributed by atoms with E-state index in [-0.39, 0.29) is 5.75 Å². The van der Waals surface area contributed by atoms with Crippen LogP contribution in [0.2, 0.25) is 0 Å². The van der Waals surface area contributed by atoms with Crippen molar-refractivity contribution in [2.45, 2.75) is 12.5 Å². The Bertz CT molecular complexity index is 402. The van der Waals surface area contributed by atoms with Gasteiger partial charge in [0.1, 0.15) is 5.54 Å². The average Bonchev–Trinajstić information content (AvgIpc) is 2.28. The highest BCUT2D eigenvalue weighted by atomic mass is 19.1. The highest BCUT2D eigenvalue weighted by Gasteiger charge is 2.25. The fourth-order valence-corrected chi connectivity index (χ4v) is 1.16. The number of nitrogens with one attached hydrogen (secondary N) is 1. The highest BCUT2D eigenvalue weighted by Crippen LogP contribution is 2.24. The summed E-state index contributed by atoms with van der Waals surface area (Å²) in [5.74, 6) is 4.86. The molecule has 0 bridgehead atoms. The Morgan fingerprint density at radius 2 is 2.27 bits per heavy atom. The number of nitrogens with two attached hydrogens (primary N) is 1. The molecule has 0 aliphatic heterocycles. The maximum absolute atomic E-state index is 13.4. The third-order valence-electron chi connectivity index (χ3n) is 2.24. The first-order chi connectivity index (χ1) is 7.07. The first-order valence-corrected chi connectivity index (χ1v) is 4.30. The fraction of sp³-hybridized carbons (Fsp3) is 0.300. The number of rotatable bonds is 3. The molecule has 0 saturated carbocycles. The molecule has 5 heteroatoms. The zero-order valence-electron chi connectivity index (χ0n) is 8.54. The van der Waals surface area contributed by atoms with Crippen LogP contribution in [0.15, 0.2) is 18.2 Å². The lowest BCUT2D eigenvalue weighted by atomic mass is 9.94. The van der Waals surface area contributed by atoms with Gasteiger partial charge in [0, 0.05) is 0 Å². The van der Waals surface area contributed by atoms with E-state index in [2.05, 4.69) is 5.43 Å². The van der Waals surface area contributed by atoms with Gasteiger partial charge in [-0.15, -0.1) is 0 Å². The van der Waals surface area contributed by atoms with Crippen molar-refractivity contribution in [1.82, 2.24) is 5.43 Å². The van der Waals surface area contributed by atoms with E-state index in [0.29, 0.717) is 5.56 Å². The lowest BCUT2D eigenvalue weighted by Crippen LogP contribution is -2.43. The van der Waals surface area contributed by atoms with E-state index in [1.165, 1.54) is 19.2 Å². The SMILES string of the molecule is COc1ccc(C(C)(C#N)NN)cc1F. The summed E-state index contributed by atoms with van der Waals surface area (Å²) >= 11 is 0. The van der Waals surface area contributed by atoms with E-state index < -0.39 is 11.4 Å². The standard InChI is InChI=1S/C10H12FN3O/c1-10(6-12,14-13)7-3-4-9(15-2)8(11)5-7/h3-5,14H,13H2,1-2H3. The van der Waals surface area contributed by atoms with Crippen molar-refractivity contribution in [3.63, 3.8) is 0 Å². The van der Waals surface area contributed by atoms with Crippen molar-refractivity contribution in [1.29, 1.82) is 5.26 Å². The van der Waals surface area contributed by atoms with E-state index >= 15 is 0 Å². The molecule has 0 aromatic heterocycles. The van der Waals surface area contributed by atoms with Gasteiger partial charge in [-0.25, -0.2) is 9.82 Å². The molecule has 1 unspecified atom stereocenters. The Morgan fingerprint density at radius 1 is 1.60 bits per heavy atom. The Labute approximate surface area is 87.4 Å². The van der Waals surface area contributed by atoms with Crippen LogP contribution >= 0.6 is 0 Å². The average molecular weight is 209 g/mol. The monoisotopic (exact) mass is 209 g/mol. The van der Waals surface area contributed by atoms with Gasteiger partial charge < -0.3 is 4.74 Å². The van der Waals surface area contributed by atoms with Gasteiger partial charge in [0.2, 0.25) is 0 Å². The predicted molar refractivity (Wildman–Crippen MR) is 53.2 cm³/mol. The van der Waals surface area contributed by atoms with Gasteiger partial charge in [-0.2, -0.15) is 5.26 Å². The van der Waals surface area contributed by atoms with Crippen LogP contribution in [0.25, 0.3) is 0 Å². The number of benzene rings is 1. The summed E-state index contributed by atoms with van der Waals surface area (Å²) in [5.41, 5.74) is 1.69. The van der Waals surface area contributed by atoms with E-state index in [4.69, 9.17) is 15.8 Å². The van der Waals surface area contributed by atoms with Crippen LogP contribution in [0.5, 0.6) is 5.75 Å². The number of hydrogen-bond acceptors (Lipinski definition) is 4. The van der Waals surface area contributed by atoms with Crippen molar-refractivity contribution in [3.05, 3.63) is 29.6 Å². The molecule has 4 nitrogen and oxygen atoms in total. The first-order valence-electron chi connectivity index (χ1n) is 4.30. The smallest absolute Gasteiger partial charge is 0.165 e. The third-order valence-corrected chi connectivity index (χ3v) is 2.24. The minimum Gasteiger partial charge on any atom is -0.494 e. The molecule has 3 N–H and O–H groups in total. The highest BCUT2D eigenvalue weighted by molar-refractivity contribution is 5.36. The number of ether oxygens (including phenoxy) is 1. The van der Waals surface area contributed by atoms with Crippen molar-refractivity contribution in [3.8, 4) is 11.8 Å². The Kier molecular flexibility index (Phi) is 3.24. The van der Waals surface area contributed by atoms with E-state index in [1.807, 2.05) is 6.07 Å². The van der Waals surface area contributed by atoms with Gasteiger partial charge >= 0.3 is 0 Å². The molecule has 0 aliphatic rings. The molecule has 0 radical (unpaired) electrons. The second kappa shape index (κ2) is 4.26. The van der Waals surface area contributed by atoms with Crippen LogP contribution in [0.1, 0.15) is 12.5 Å². The number of nitrogens with zero attached hydrogens (tertiary/aromatic N) is 1. The van der Waals surface area contributed by atoms with Crippen LogP contribution in [-0.4, -0.2) is 7.11 Å². The second-order valence-corrected chi connectivity index (χ2v) is 3.23. The molecule has 0 spiro atoms. The van der Waals surface area contributed by atoms with E-state index in [9.17, 15) is 4.39 Å². The molecular formula is C10H12FN3O. The minimum absolute atomic E-state index is 0.135. The molecular weight excluding hydrogens is 197 g/mol. The zero-order chi connectivity index (χ0) is 11.5. The number of hydrazine groups is 1. The molecule has 0 aliphatic carbocycles. The minimum atomic E-state index is -1.10. The predicted octanol–water partition coefficient (Wildman–Crippen LogP) is 1.04. The second-order valence-electron chi connectivity index (χ2n) is 3.23. The van der Waals surface area contributed by atoms with Gasteiger partial charge in [0.25, 0.3) is 0 Å². The molecule has 1 aromatic rings. The summed E-state index contributed by atoms with van der Waals surface area (Å²) in [4.78, 5) is 0. The molecule has 1 rings (SSSR count). The summed E-state index contributed by atoms with van der Waals surface area (Å²) in [6.45, 7) is 1.56. The molecule has 0 amide bonds. The van der Waals surface area contributed by atoms with Gasteiger partial charge in [-0.05, 0) is 24.6 Å². The van der Waals surface area contributed by atoms with Crippen LogP contribution in [-0.2, 0) is 5.54 Å². The molecule has 0 saturated heterocycles. The van der Waals surface area contributed by atoms with Crippen LogP contribution in [0, 0.1) is 17.1 Å². The van der Waals surface area contributed by atoms with Crippen molar-refractivity contribution >= 4 is 0 Å². The largest absolute Gasteiger partial charge is 0.494 e. The Hall–Kier alpha value is -1.64. The zero-order valence-corrected chi connectivity index (χ0v) is 8.54. The van der Waals surface area contributed by atoms with Gasteiger partial charge in [-0.1, -0.05) is 6.07 Å². The lowest BCUT2D eigenvalue weighted by Gasteiger charge is -2.21. The Morgan fingerprint density at radius 3 is 2.67 bits per heavy atom. The fourth-order valence-electron chi connectivity index (χ4n) is 1.16. The summed E-state index contributed by atoms with van der Waals surface area (Å²) in [7, 11) is 1.38. The molecule has 0 fully saturated rings. The summed E-state index contributed by atoms with van der Waals surface area (Å²) in [6, 6.07) is 6.23. The topological polar surface area (TPSA) is 71.1 Å². The van der Waals surface area contributed by atoms with Gasteiger partial charge in [0.15, 0.2) is 11.6 Å². The van der Waals surface area contributed by atoms with Crippen LogP contribution < -0.4 is 16.0 Å². The van der Waals surface area contributed by atoms with Gasteiger partial charge in [0.05, 0.1) is 13.2 Å². The maximum Gasteiger partial charge on any atom is 0.165 e. The molecule has 80 valence electrons. The number of hydrogen-bond donors (Lipinski definition) is 2. The third kappa shape index (κ3) is 2.06. The van der Waals surface area contributed by atoms with Crippen LogP contribution in [0.3, 0.4) is 0 Å². The van der Waals surface area contributed by atoms with E-state index in [0.717, 1.165) is 0 Å². The number of methoxy groups -OCH3 is 1. The normalized spacial score (nSPS) is 14.1. The van der Waals surface area contributed by atoms with Crippen molar-refractivity contribution in [2.24, 2.45) is 5.84 Å². The van der Waals surface area contributed by atoms with E-state index in [1.54, 1.807) is 13.0 Å². The molecule has 15 heavy (non-hydrogen) atoms. The number of halogens is 1. The Balaban J connectivity index is 3.18. The van der Waals surface area contributed by atoms with Gasteiger partial charge in [-0.3, -0.25) is 5.84 Å². The molecule has 1 aromatic carbocycles. The van der Waals surface area contributed by atoms with Crippen molar-refractivity contribution in [2.75, 3.05) is 7.11 Å². The number of nitriles is 1. The summed E-state index contributed by atoms with van der Waals surface area (Å²) < 4.78 is 18.1. The van der Waals surface area contributed by atoms with Crippen molar-refractivity contribution < 1.29 is 9.13 Å². The van der Waals surface area contributed by atoms with Crippen LogP contribution in [0.4, 0.5) is 4.39 Å².